The first-order chi connectivity index (χ1) is 8.85. The Bertz CT molecular complexity index is 269. The quantitative estimate of drug-likeness (QED) is 0.582. The summed E-state index contributed by atoms with van der Waals surface area (Å²) in [5, 5.41) is 6.96. The topological polar surface area (TPSA) is 36.4 Å². The van der Waals surface area contributed by atoms with Gasteiger partial charge in [-0.1, -0.05) is 39.0 Å². The molecule has 2 unspecified atom stereocenters. The van der Waals surface area contributed by atoms with E-state index in [0.717, 1.165) is 37.3 Å². The zero-order valence-corrected chi connectivity index (χ0v) is 12.0. The monoisotopic (exact) mass is 251 g/mol. The smallest absolute Gasteiger partial charge is 0.191 e. The number of aliphatic imine (C=N–C) groups is 1. The number of rotatable bonds is 5. The van der Waals surface area contributed by atoms with E-state index in [1.807, 2.05) is 0 Å². The van der Waals surface area contributed by atoms with Crippen LogP contribution in [0.3, 0.4) is 0 Å². The molecule has 0 spiro atoms. The van der Waals surface area contributed by atoms with E-state index < -0.39 is 0 Å². The van der Waals surface area contributed by atoms with Crippen molar-refractivity contribution in [2.45, 2.75) is 64.8 Å². The van der Waals surface area contributed by atoms with Gasteiger partial charge in [0.1, 0.15) is 0 Å². The Balaban J connectivity index is 1.75. The van der Waals surface area contributed by atoms with Gasteiger partial charge in [0.2, 0.25) is 0 Å². The molecule has 2 atom stereocenters. The summed E-state index contributed by atoms with van der Waals surface area (Å²) < 4.78 is 0. The molecule has 2 rings (SSSR count). The van der Waals surface area contributed by atoms with Gasteiger partial charge in [-0.3, -0.25) is 4.99 Å². The van der Waals surface area contributed by atoms with E-state index in [1.165, 1.54) is 38.5 Å². The van der Waals surface area contributed by atoms with Crippen molar-refractivity contribution in [1.82, 2.24) is 10.6 Å². The Labute approximate surface area is 112 Å². The maximum Gasteiger partial charge on any atom is 0.191 e. The molecule has 0 heterocycles. The molecular formula is C15H29N3. The van der Waals surface area contributed by atoms with Gasteiger partial charge in [0.05, 0.1) is 0 Å². The Hall–Kier alpha value is -0.730. The maximum absolute atomic E-state index is 4.59. The lowest BCUT2D eigenvalue weighted by atomic mass is 9.85. The highest BCUT2D eigenvalue weighted by atomic mass is 15.2. The first-order valence-electron chi connectivity index (χ1n) is 7.90. The van der Waals surface area contributed by atoms with E-state index in [0.29, 0.717) is 6.04 Å². The summed E-state index contributed by atoms with van der Waals surface area (Å²) >= 11 is 0. The lowest BCUT2D eigenvalue weighted by Crippen LogP contribution is -2.39. The molecule has 104 valence electrons. The van der Waals surface area contributed by atoms with Crippen LogP contribution in [-0.2, 0) is 0 Å². The average molecular weight is 251 g/mol. The third kappa shape index (κ3) is 3.89. The Morgan fingerprint density at radius 2 is 1.94 bits per heavy atom. The van der Waals surface area contributed by atoms with E-state index >= 15 is 0 Å². The summed E-state index contributed by atoms with van der Waals surface area (Å²) in [5.74, 6) is 2.95. The second kappa shape index (κ2) is 7.01. The van der Waals surface area contributed by atoms with Crippen molar-refractivity contribution in [2.75, 3.05) is 13.1 Å². The predicted octanol–water partition coefficient (Wildman–Crippen LogP) is 2.92. The van der Waals surface area contributed by atoms with Gasteiger partial charge in [0.25, 0.3) is 0 Å². The van der Waals surface area contributed by atoms with E-state index in [1.54, 1.807) is 0 Å². The Morgan fingerprint density at radius 1 is 1.17 bits per heavy atom. The first kappa shape index (κ1) is 13.7. The van der Waals surface area contributed by atoms with Crippen LogP contribution in [0.4, 0.5) is 0 Å². The van der Waals surface area contributed by atoms with Crippen LogP contribution in [0.5, 0.6) is 0 Å². The fraction of sp³-hybridized carbons (Fsp3) is 0.933. The van der Waals surface area contributed by atoms with Gasteiger partial charge in [0, 0.05) is 19.1 Å². The van der Waals surface area contributed by atoms with Crippen LogP contribution < -0.4 is 10.6 Å². The number of nitrogens with one attached hydrogen (secondary N) is 2. The number of nitrogens with zero attached hydrogens (tertiary/aromatic N) is 1. The van der Waals surface area contributed by atoms with Crippen LogP contribution in [0.2, 0.25) is 0 Å². The van der Waals surface area contributed by atoms with E-state index in [2.05, 4.69) is 29.5 Å². The minimum atomic E-state index is 0.697. The van der Waals surface area contributed by atoms with Crippen molar-refractivity contribution in [2.24, 2.45) is 16.8 Å². The molecule has 18 heavy (non-hydrogen) atoms. The number of hydrogen-bond donors (Lipinski definition) is 2. The fourth-order valence-corrected chi connectivity index (χ4v) is 3.18. The van der Waals surface area contributed by atoms with Gasteiger partial charge in [-0.05, 0) is 31.6 Å². The molecule has 0 aromatic carbocycles. The minimum absolute atomic E-state index is 0.697. The molecule has 0 radical (unpaired) electrons. The maximum atomic E-state index is 4.59. The van der Waals surface area contributed by atoms with Crippen molar-refractivity contribution in [1.29, 1.82) is 0 Å². The van der Waals surface area contributed by atoms with E-state index in [-0.39, 0.29) is 0 Å². The third-order valence-electron chi connectivity index (χ3n) is 4.25. The van der Waals surface area contributed by atoms with Crippen molar-refractivity contribution in [3.05, 3.63) is 0 Å². The summed E-state index contributed by atoms with van der Waals surface area (Å²) in [5.41, 5.74) is 0. The molecule has 0 aliphatic heterocycles. The zero-order valence-electron chi connectivity index (χ0n) is 12.0. The molecule has 2 N–H and O–H groups in total. The summed E-state index contributed by atoms with van der Waals surface area (Å²) in [6, 6.07) is 0.697. The van der Waals surface area contributed by atoms with Crippen molar-refractivity contribution in [3.8, 4) is 0 Å². The molecule has 0 amide bonds. The molecule has 0 aromatic rings. The molecule has 0 aromatic heterocycles. The summed E-state index contributed by atoms with van der Waals surface area (Å²) in [4.78, 5) is 4.59. The average Bonchev–Trinajstić information content (AvgIpc) is 3.16. The van der Waals surface area contributed by atoms with Crippen LogP contribution in [-0.4, -0.2) is 25.1 Å². The normalized spacial score (nSPS) is 29.1. The van der Waals surface area contributed by atoms with Crippen LogP contribution in [0, 0.1) is 11.8 Å². The second-order valence-electron chi connectivity index (χ2n) is 5.81. The van der Waals surface area contributed by atoms with Gasteiger partial charge >= 0.3 is 0 Å². The third-order valence-corrected chi connectivity index (χ3v) is 4.25. The van der Waals surface area contributed by atoms with E-state index in [9.17, 15) is 0 Å². The first-order valence-corrected chi connectivity index (χ1v) is 7.90. The van der Waals surface area contributed by atoms with Crippen molar-refractivity contribution < 1.29 is 0 Å². The molecule has 0 bridgehead atoms. The minimum Gasteiger partial charge on any atom is -0.357 e. The zero-order chi connectivity index (χ0) is 12.8. The van der Waals surface area contributed by atoms with Gasteiger partial charge in [0.15, 0.2) is 5.96 Å². The Morgan fingerprint density at radius 3 is 2.61 bits per heavy atom. The van der Waals surface area contributed by atoms with Crippen LogP contribution >= 0.6 is 0 Å². The van der Waals surface area contributed by atoms with Gasteiger partial charge in [-0.2, -0.15) is 0 Å². The molecule has 2 aliphatic carbocycles. The van der Waals surface area contributed by atoms with Crippen molar-refractivity contribution >= 4 is 5.96 Å². The summed E-state index contributed by atoms with van der Waals surface area (Å²) in [6.45, 7) is 6.19. The van der Waals surface area contributed by atoms with Crippen molar-refractivity contribution in [3.63, 3.8) is 0 Å². The molecule has 3 heteroatoms. The molecule has 2 fully saturated rings. The molecule has 2 aliphatic rings. The summed E-state index contributed by atoms with van der Waals surface area (Å²) in [7, 11) is 0. The SMILES string of the molecule is CCCN=C(NCC)NC1CC1C1CCCCC1. The van der Waals surface area contributed by atoms with Gasteiger partial charge in [-0.25, -0.2) is 0 Å². The number of hydrogen-bond acceptors (Lipinski definition) is 1. The van der Waals surface area contributed by atoms with Gasteiger partial charge in [-0.15, -0.1) is 0 Å². The molecular weight excluding hydrogens is 222 g/mol. The standard InChI is InChI=1S/C15H29N3/c1-3-10-17-15(16-4-2)18-14-11-13(14)12-8-6-5-7-9-12/h12-14H,3-11H2,1-2H3,(H2,16,17,18). The van der Waals surface area contributed by atoms with Crippen LogP contribution in [0.15, 0.2) is 4.99 Å². The molecule has 0 saturated heterocycles. The largest absolute Gasteiger partial charge is 0.357 e. The van der Waals surface area contributed by atoms with Crippen LogP contribution in [0.25, 0.3) is 0 Å². The number of guanidine groups is 1. The lowest BCUT2D eigenvalue weighted by molar-refractivity contribution is 0.315. The van der Waals surface area contributed by atoms with E-state index in [4.69, 9.17) is 0 Å². The highest BCUT2D eigenvalue weighted by molar-refractivity contribution is 5.80. The fourth-order valence-electron chi connectivity index (χ4n) is 3.18. The second-order valence-corrected chi connectivity index (χ2v) is 5.81. The predicted molar refractivity (Wildman–Crippen MR) is 77.9 cm³/mol. The highest BCUT2D eigenvalue weighted by Gasteiger charge is 2.43. The molecule has 2 saturated carbocycles. The lowest BCUT2D eigenvalue weighted by Gasteiger charge is -2.22. The molecule has 3 nitrogen and oxygen atoms in total. The highest BCUT2D eigenvalue weighted by Crippen LogP contribution is 2.44. The van der Waals surface area contributed by atoms with Gasteiger partial charge < -0.3 is 10.6 Å². The van der Waals surface area contributed by atoms with Crippen LogP contribution in [0.1, 0.15) is 58.8 Å². The summed E-state index contributed by atoms with van der Waals surface area (Å²) in [6.07, 6.45) is 9.78. The Kier molecular flexibility index (Phi) is 5.33.